The molecule has 0 aliphatic rings. The molecule has 1 nitrogen and oxygen atoms in total. The van der Waals surface area contributed by atoms with E-state index in [-0.39, 0.29) is 0 Å². The van der Waals surface area contributed by atoms with Crippen molar-refractivity contribution in [1.82, 2.24) is 5.32 Å². The Bertz CT molecular complexity index is 461. The maximum atomic E-state index is 5.88. The molecule has 0 spiro atoms. The van der Waals surface area contributed by atoms with Gasteiger partial charge in [-0.25, -0.2) is 0 Å². The molecule has 0 aliphatic heterocycles. The first-order valence-corrected chi connectivity index (χ1v) is 6.94. The van der Waals surface area contributed by atoms with Crippen LogP contribution in [0.1, 0.15) is 16.0 Å². The van der Waals surface area contributed by atoms with Crippen LogP contribution in [0.2, 0.25) is 4.34 Å². The SMILES string of the molecule is Cc1ccc(CNCCc2ccc(Cl)s2)cc1. The average molecular weight is 266 g/mol. The fourth-order valence-electron chi connectivity index (χ4n) is 1.64. The van der Waals surface area contributed by atoms with Gasteiger partial charge in [0.2, 0.25) is 0 Å². The van der Waals surface area contributed by atoms with Crippen molar-refractivity contribution in [3.8, 4) is 0 Å². The molecule has 0 aliphatic carbocycles. The second-order valence-corrected chi connectivity index (χ2v) is 5.92. The number of halogens is 1. The lowest BCUT2D eigenvalue weighted by Gasteiger charge is -2.04. The molecule has 1 aromatic heterocycles. The lowest BCUT2D eigenvalue weighted by Crippen LogP contribution is -2.16. The summed E-state index contributed by atoms with van der Waals surface area (Å²) in [6.45, 7) is 4.03. The predicted octanol–water partition coefficient (Wildman–Crippen LogP) is 4.04. The molecule has 1 N–H and O–H groups in total. The van der Waals surface area contributed by atoms with Gasteiger partial charge in [-0.2, -0.15) is 0 Å². The van der Waals surface area contributed by atoms with E-state index in [1.165, 1.54) is 16.0 Å². The van der Waals surface area contributed by atoms with Crippen molar-refractivity contribution in [3.05, 3.63) is 56.7 Å². The van der Waals surface area contributed by atoms with E-state index in [9.17, 15) is 0 Å². The van der Waals surface area contributed by atoms with E-state index in [0.29, 0.717) is 0 Å². The molecule has 0 bridgehead atoms. The third kappa shape index (κ3) is 4.15. The first kappa shape index (κ1) is 12.6. The number of benzene rings is 1. The lowest BCUT2D eigenvalue weighted by molar-refractivity contribution is 0.690. The molecule has 3 heteroatoms. The van der Waals surface area contributed by atoms with Crippen molar-refractivity contribution < 1.29 is 0 Å². The minimum absolute atomic E-state index is 0.874. The lowest BCUT2D eigenvalue weighted by atomic mass is 10.1. The van der Waals surface area contributed by atoms with E-state index < -0.39 is 0 Å². The van der Waals surface area contributed by atoms with Gasteiger partial charge in [-0.1, -0.05) is 41.4 Å². The number of aryl methyl sites for hydroxylation is 1. The van der Waals surface area contributed by atoms with Crippen molar-refractivity contribution in [2.75, 3.05) is 6.54 Å². The molecule has 2 aromatic rings. The zero-order chi connectivity index (χ0) is 12.1. The quantitative estimate of drug-likeness (QED) is 0.805. The molecule has 90 valence electrons. The highest BCUT2D eigenvalue weighted by atomic mass is 35.5. The van der Waals surface area contributed by atoms with E-state index in [1.807, 2.05) is 6.07 Å². The molecular weight excluding hydrogens is 250 g/mol. The van der Waals surface area contributed by atoms with E-state index in [2.05, 4.69) is 42.6 Å². The zero-order valence-corrected chi connectivity index (χ0v) is 11.4. The van der Waals surface area contributed by atoms with Gasteiger partial charge in [0, 0.05) is 18.0 Å². The van der Waals surface area contributed by atoms with Crippen molar-refractivity contribution in [2.24, 2.45) is 0 Å². The maximum Gasteiger partial charge on any atom is 0.0931 e. The molecule has 0 amide bonds. The van der Waals surface area contributed by atoms with Crippen LogP contribution in [0.25, 0.3) is 0 Å². The molecule has 1 aromatic carbocycles. The van der Waals surface area contributed by atoms with Crippen molar-refractivity contribution in [2.45, 2.75) is 19.9 Å². The Labute approximate surface area is 111 Å². The maximum absolute atomic E-state index is 5.88. The summed E-state index contributed by atoms with van der Waals surface area (Å²) in [6.07, 6.45) is 1.04. The number of nitrogens with one attached hydrogen (secondary N) is 1. The molecule has 2 rings (SSSR count). The van der Waals surface area contributed by atoms with Gasteiger partial charge in [0.1, 0.15) is 0 Å². The predicted molar refractivity (Wildman–Crippen MR) is 75.9 cm³/mol. The van der Waals surface area contributed by atoms with Crippen molar-refractivity contribution in [1.29, 1.82) is 0 Å². The minimum atomic E-state index is 0.874. The molecular formula is C14H16ClNS. The number of rotatable bonds is 5. The summed E-state index contributed by atoms with van der Waals surface area (Å²) >= 11 is 7.54. The van der Waals surface area contributed by atoms with E-state index in [0.717, 1.165) is 23.8 Å². The monoisotopic (exact) mass is 265 g/mol. The number of hydrogen-bond acceptors (Lipinski definition) is 2. The highest BCUT2D eigenvalue weighted by Gasteiger charge is 1.97. The molecule has 0 saturated carbocycles. The van der Waals surface area contributed by atoms with Crippen LogP contribution in [0, 0.1) is 6.92 Å². The summed E-state index contributed by atoms with van der Waals surface area (Å²) in [4.78, 5) is 1.34. The molecule has 0 atom stereocenters. The summed E-state index contributed by atoms with van der Waals surface area (Å²) in [6, 6.07) is 12.7. The molecule has 17 heavy (non-hydrogen) atoms. The van der Waals surface area contributed by atoms with Crippen LogP contribution in [0.4, 0.5) is 0 Å². The van der Waals surface area contributed by atoms with Crippen LogP contribution in [0.5, 0.6) is 0 Å². The molecule has 0 unspecified atom stereocenters. The summed E-state index contributed by atoms with van der Waals surface area (Å²) in [5.74, 6) is 0. The summed E-state index contributed by atoms with van der Waals surface area (Å²) in [7, 11) is 0. The highest BCUT2D eigenvalue weighted by molar-refractivity contribution is 7.16. The van der Waals surface area contributed by atoms with Crippen molar-refractivity contribution >= 4 is 22.9 Å². The van der Waals surface area contributed by atoms with Gasteiger partial charge >= 0.3 is 0 Å². The van der Waals surface area contributed by atoms with Gasteiger partial charge in [-0.3, -0.25) is 0 Å². The van der Waals surface area contributed by atoms with Gasteiger partial charge in [-0.15, -0.1) is 11.3 Å². The smallest absolute Gasteiger partial charge is 0.0931 e. The second kappa shape index (κ2) is 6.20. The number of thiophene rings is 1. The molecule has 0 fully saturated rings. The van der Waals surface area contributed by atoms with Gasteiger partial charge in [0.05, 0.1) is 4.34 Å². The highest BCUT2D eigenvalue weighted by Crippen LogP contribution is 2.21. The van der Waals surface area contributed by atoms with Crippen molar-refractivity contribution in [3.63, 3.8) is 0 Å². The first-order chi connectivity index (χ1) is 8.24. The normalized spacial score (nSPS) is 10.7. The minimum Gasteiger partial charge on any atom is -0.312 e. The van der Waals surface area contributed by atoms with Gasteiger partial charge in [0.25, 0.3) is 0 Å². The molecule has 1 heterocycles. The standard InChI is InChI=1S/C14H16ClNS/c1-11-2-4-12(5-3-11)10-16-9-8-13-6-7-14(15)17-13/h2-7,16H,8-10H2,1H3. The summed E-state index contributed by atoms with van der Waals surface area (Å²) in [5, 5.41) is 3.44. The van der Waals surface area contributed by atoms with E-state index in [1.54, 1.807) is 11.3 Å². The zero-order valence-electron chi connectivity index (χ0n) is 9.87. The Morgan fingerprint density at radius 2 is 1.88 bits per heavy atom. The average Bonchev–Trinajstić information content (AvgIpc) is 2.73. The van der Waals surface area contributed by atoms with E-state index >= 15 is 0 Å². The summed E-state index contributed by atoms with van der Waals surface area (Å²) < 4.78 is 0.874. The Hall–Kier alpha value is -0.830. The third-order valence-electron chi connectivity index (χ3n) is 2.63. The van der Waals surface area contributed by atoms with Crippen LogP contribution in [-0.2, 0) is 13.0 Å². The Kier molecular flexibility index (Phi) is 4.60. The molecule has 0 saturated heterocycles. The third-order valence-corrected chi connectivity index (χ3v) is 3.92. The van der Waals surface area contributed by atoms with Crippen LogP contribution < -0.4 is 5.32 Å². The number of hydrogen-bond donors (Lipinski definition) is 1. The Balaban J connectivity index is 1.71. The molecule has 0 radical (unpaired) electrons. The fourth-order valence-corrected chi connectivity index (χ4v) is 2.72. The van der Waals surface area contributed by atoms with Gasteiger partial charge < -0.3 is 5.32 Å². The first-order valence-electron chi connectivity index (χ1n) is 5.74. The van der Waals surface area contributed by atoms with Crippen LogP contribution >= 0.6 is 22.9 Å². The van der Waals surface area contributed by atoms with Crippen LogP contribution in [0.3, 0.4) is 0 Å². The van der Waals surface area contributed by atoms with Crippen LogP contribution in [-0.4, -0.2) is 6.54 Å². The van der Waals surface area contributed by atoms with Crippen LogP contribution in [0.15, 0.2) is 36.4 Å². The summed E-state index contributed by atoms with van der Waals surface area (Å²) in [5.41, 5.74) is 2.64. The van der Waals surface area contributed by atoms with E-state index in [4.69, 9.17) is 11.6 Å². The van der Waals surface area contributed by atoms with Gasteiger partial charge in [0.15, 0.2) is 0 Å². The Morgan fingerprint density at radius 1 is 1.12 bits per heavy atom. The Morgan fingerprint density at radius 3 is 2.53 bits per heavy atom. The topological polar surface area (TPSA) is 12.0 Å². The second-order valence-electron chi connectivity index (χ2n) is 4.12. The van der Waals surface area contributed by atoms with Gasteiger partial charge in [-0.05, 0) is 31.0 Å². The largest absolute Gasteiger partial charge is 0.312 e. The fraction of sp³-hybridized carbons (Fsp3) is 0.286.